The number of hydrogen-bond donors (Lipinski definition) is 1. The number of esters is 1. The number of halogens is 2. The molecule has 0 spiro atoms. The number of hydrogen-bond acceptors (Lipinski definition) is 6. The Kier molecular flexibility index (Phi) is 9.01. The fourth-order valence-electron chi connectivity index (χ4n) is 3.73. The summed E-state index contributed by atoms with van der Waals surface area (Å²) in [6.07, 6.45) is 0.505. The molecule has 7 nitrogen and oxygen atoms in total. The smallest absolute Gasteiger partial charge is 0.337 e. The lowest BCUT2D eigenvalue weighted by Crippen LogP contribution is -2.40. The van der Waals surface area contributed by atoms with Crippen LogP contribution in [0.4, 0.5) is 4.39 Å². The fraction of sp³-hybridized carbons (Fsp3) is 0.409. The predicted molar refractivity (Wildman–Crippen MR) is 120 cm³/mol. The van der Waals surface area contributed by atoms with Crippen LogP contribution in [0.2, 0.25) is 5.02 Å². The Morgan fingerprint density at radius 1 is 1.22 bits per heavy atom. The summed E-state index contributed by atoms with van der Waals surface area (Å²) in [5.41, 5.74) is 1.99. The largest absolute Gasteiger partial charge is 0.465 e. The van der Waals surface area contributed by atoms with E-state index in [4.69, 9.17) is 16.3 Å². The number of carbonyl (C=O) groups excluding carboxylic acids is 1. The van der Waals surface area contributed by atoms with E-state index in [0.717, 1.165) is 11.1 Å². The van der Waals surface area contributed by atoms with Gasteiger partial charge < -0.3 is 9.47 Å². The lowest BCUT2D eigenvalue weighted by Gasteiger charge is -2.35. The van der Waals surface area contributed by atoms with Gasteiger partial charge in [0.25, 0.3) is 0 Å². The molecule has 1 aliphatic heterocycles. The van der Waals surface area contributed by atoms with Gasteiger partial charge in [-0.05, 0) is 41.8 Å². The summed E-state index contributed by atoms with van der Waals surface area (Å²) in [6, 6.07) is 11.1. The van der Waals surface area contributed by atoms with Crippen molar-refractivity contribution in [3.63, 3.8) is 0 Å². The van der Waals surface area contributed by atoms with E-state index in [1.165, 1.54) is 17.5 Å². The number of benzene rings is 2. The van der Waals surface area contributed by atoms with Gasteiger partial charge in [-0.2, -0.15) is 4.31 Å². The molecule has 0 bridgehead atoms. The Morgan fingerprint density at radius 3 is 2.50 bits per heavy atom. The van der Waals surface area contributed by atoms with Crippen LogP contribution < -0.4 is 0 Å². The van der Waals surface area contributed by atoms with Crippen molar-refractivity contribution in [3.8, 4) is 0 Å². The first kappa shape index (κ1) is 24.6. The molecular formula is C22H26ClFN2O5S. The zero-order valence-electron chi connectivity index (χ0n) is 17.7. The van der Waals surface area contributed by atoms with E-state index < -0.39 is 22.7 Å². The molecule has 10 heteroatoms. The fourth-order valence-corrected chi connectivity index (χ4v) is 4.48. The van der Waals surface area contributed by atoms with Crippen molar-refractivity contribution in [2.75, 3.05) is 40.0 Å². The molecule has 1 unspecified atom stereocenters. The third kappa shape index (κ3) is 6.49. The van der Waals surface area contributed by atoms with Gasteiger partial charge in [-0.15, -0.1) is 0 Å². The third-order valence-electron chi connectivity index (χ3n) is 5.45. The first-order chi connectivity index (χ1) is 15.4. The molecule has 2 aromatic carbocycles. The molecule has 2 aromatic rings. The van der Waals surface area contributed by atoms with Crippen molar-refractivity contribution in [1.82, 2.24) is 9.21 Å². The van der Waals surface area contributed by atoms with Crippen molar-refractivity contribution in [2.24, 2.45) is 0 Å². The van der Waals surface area contributed by atoms with Crippen LogP contribution in [0.25, 0.3) is 0 Å². The predicted octanol–water partition coefficient (Wildman–Crippen LogP) is 3.06. The maximum atomic E-state index is 13.7. The van der Waals surface area contributed by atoms with Crippen LogP contribution in [0, 0.1) is 5.82 Å². The number of methoxy groups -OCH3 is 1. The van der Waals surface area contributed by atoms with Gasteiger partial charge >= 0.3 is 5.97 Å². The molecule has 174 valence electrons. The first-order valence-corrected chi connectivity index (χ1v) is 11.7. The van der Waals surface area contributed by atoms with Crippen molar-refractivity contribution >= 4 is 28.5 Å². The van der Waals surface area contributed by atoms with Crippen LogP contribution in [-0.2, 0) is 26.9 Å². The molecule has 0 N–H and O–H groups in total. The Labute approximate surface area is 193 Å². The summed E-state index contributed by atoms with van der Waals surface area (Å²) in [7, 11) is -1.52. The van der Waals surface area contributed by atoms with E-state index in [1.807, 2.05) is 0 Å². The van der Waals surface area contributed by atoms with Crippen LogP contribution in [-0.4, -0.2) is 63.6 Å². The van der Waals surface area contributed by atoms with Crippen LogP contribution in [0.15, 0.2) is 42.5 Å². The molecule has 0 saturated carbocycles. The van der Waals surface area contributed by atoms with E-state index in [1.54, 1.807) is 36.4 Å². The monoisotopic (exact) mass is 484 g/mol. The van der Waals surface area contributed by atoms with Gasteiger partial charge in [-0.25, -0.2) is 17.6 Å². The zero-order chi connectivity index (χ0) is 23.1. The number of rotatable bonds is 9. The maximum Gasteiger partial charge on any atom is 0.337 e. The van der Waals surface area contributed by atoms with Crippen LogP contribution in [0.1, 0.15) is 33.9 Å². The van der Waals surface area contributed by atoms with Crippen molar-refractivity contribution < 1.29 is 27.1 Å². The molecule has 0 radical (unpaired) electrons. The van der Waals surface area contributed by atoms with Crippen molar-refractivity contribution in [1.29, 1.82) is 0 Å². The quantitative estimate of drug-likeness (QED) is 0.435. The average molecular weight is 485 g/mol. The molecule has 1 fully saturated rings. The number of ether oxygens (including phenoxy) is 2. The highest BCUT2D eigenvalue weighted by molar-refractivity contribution is 7.69. The lowest BCUT2D eigenvalue weighted by atomic mass is 10.0. The molecule has 1 aliphatic rings. The topological polar surface area (TPSA) is 76.2 Å². The first-order valence-electron chi connectivity index (χ1n) is 10.2. The van der Waals surface area contributed by atoms with E-state index in [2.05, 4.69) is 9.64 Å². The van der Waals surface area contributed by atoms with E-state index >= 15 is 0 Å². The second-order valence-corrected chi connectivity index (χ2v) is 8.89. The Bertz CT molecular complexity index is 988. The minimum Gasteiger partial charge on any atom is -0.465 e. The molecule has 0 aromatic heterocycles. The van der Waals surface area contributed by atoms with Gasteiger partial charge in [0.1, 0.15) is 5.82 Å². The molecule has 1 atom stereocenters. The number of thiol groups is 1. The molecule has 0 amide bonds. The third-order valence-corrected chi connectivity index (χ3v) is 6.54. The minimum atomic E-state index is -2.83. The minimum absolute atomic E-state index is 0.0400. The molecule has 1 saturated heterocycles. The molecule has 1 heterocycles. The normalized spacial score (nSPS) is 15.8. The highest BCUT2D eigenvalue weighted by Crippen LogP contribution is 2.29. The Hall–Kier alpha value is -2.04. The van der Waals surface area contributed by atoms with E-state index in [9.17, 15) is 17.6 Å². The van der Waals surface area contributed by atoms with Gasteiger partial charge in [0, 0.05) is 32.2 Å². The Balaban J connectivity index is 1.74. The summed E-state index contributed by atoms with van der Waals surface area (Å²) < 4.78 is 49.0. The molecule has 3 rings (SSSR count). The Morgan fingerprint density at radius 2 is 1.91 bits per heavy atom. The highest BCUT2D eigenvalue weighted by atomic mass is 35.5. The average Bonchev–Trinajstić information content (AvgIpc) is 2.81. The van der Waals surface area contributed by atoms with Crippen LogP contribution in [0.3, 0.4) is 0 Å². The zero-order valence-corrected chi connectivity index (χ0v) is 19.4. The molecule has 32 heavy (non-hydrogen) atoms. The van der Waals surface area contributed by atoms with Gasteiger partial charge in [0.05, 0.1) is 30.9 Å². The molecule has 0 aliphatic carbocycles. The summed E-state index contributed by atoms with van der Waals surface area (Å²) in [6.45, 7) is 3.00. The van der Waals surface area contributed by atoms with Crippen LogP contribution in [0.5, 0.6) is 0 Å². The maximum absolute atomic E-state index is 13.7. The summed E-state index contributed by atoms with van der Waals surface area (Å²) in [5, 5.41) is 0.0400. The van der Waals surface area contributed by atoms with Gasteiger partial charge in [0.2, 0.25) is 10.9 Å². The number of morpholine rings is 1. The van der Waals surface area contributed by atoms with Crippen molar-refractivity contribution in [2.45, 2.75) is 19.0 Å². The van der Waals surface area contributed by atoms with Gasteiger partial charge in [0.15, 0.2) is 0 Å². The van der Waals surface area contributed by atoms with Crippen molar-refractivity contribution in [3.05, 3.63) is 70.0 Å². The second-order valence-electron chi connectivity index (χ2n) is 7.44. The SMILES string of the molecule is COC(=O)c1ccc(CN(CCC(c2ccc(F)c(Cl)c2)N2CCOCC2)[SH](=O)=O)cc1. The highest BCUT2D eigenvalue weighted by Gasteiger charge is 2.24. The summed E-state index contributed by atoms with van der Waals surface area (Å²) in [4.78, 5) is 13.8. The second kappa shape index (κ2) is 11.7. The number of carbonyl (C=O) groups is 1. The van der Waals surface area contributed by atoms with E-state index in [-0.39, 0.29) is 24.2 Å². The standard InChI is InChI=1S/C22H26ClFN2O5S/c1-30-22(27)17-4-2-16(3-5-17)15-26(32(28)29)9-8-21(25-10-12-31-13-11-25)18-6-7-20(24)19(23)14-18/h2-7,14,21,32H,8-13,15H2,1H3. The molecular weight excluding hydrogens is 459 g/mol. The summed E-state index contributed by atoms with van der Waals surface area (Å²) in [5.74, 6) is -0.939. The lowest BCUT2D eigenvalue weighted by molar-refractivity contribution is 0.0133. The van der Waals surface area contributed by atoms with Gasteiger partial charge in [-0.1, -0.05) is 29.8 Å². The van der Waals surface area contributed by atoms with Gasteiger partial charge in [-0.3, -0.25) is 4.90 Å². The van der Waals surface area contributed by atoms with E-state index in [0.29, 0.717) is 38.3 Å². The van der Waals surface area contributed by atoms with Crippen LogP contribution >= 0.6 is 11.6 Å². The summed E-state index contributed by atoms with van der Waals surface area (Å²) >= 11 is 6.00. The number of nitrogens with zero attached hydrogens (tertiary/aromatic N) is 2.